The van der Waals surface area contributed by atoms with Crippen molar-refractivity contribution in [1.29, 1.82) is 0 Å². The van der Waals surface area contributed by atoms with Crippen LogP contribution in [-0.4, -0.2) is 32.6 Å². The Kier molecular flexibility index (Phi) is 3.89. The van der Waals surface area contributed by atoms with Gasteiger partial charge in [0.25, 0.3) is 0 Å². The molecule has 2 aliphatic rings. The van der Waals surface area contributed by atoms with E-state index < -0.39 is 0 Å². The van der Waals surface area contributed by atoms with Gasteiger partial charge in [-0.15, -0.1) is 0 Å². The van der Waals surface area contributed by atoms with E-state index in [9.17, 15) is 0 Å². The van der Waals surface area contributed by atoms with Gasteiger partial charge in [-0.25, -0.2) is 0 Å². The molecule has 0 amide bonds. The molecule has 2 aromatic heterocycles. The fourth-order valence-electron chi connectivity index (χ4n) is 4.03. The lowest BCUT2D eigenvalue weighted by Crippen LogP contribution is -2.46. The van der Waals surface area contributed by atoms with Gasteiger partial charge in [0, 0.05) is 24.0 Å². The number of rotatable bonds is 3. The molecular formula is C17H22N4O. The van der Waals surface area contributed by atoms with Crippen LogP contribution in [0.3, 0.4) is 0 Å². The van der Waals surface area contributed by atoms with Crippen molar-refractivity contribution in [3.8, 4) is 11.4 Å². The first kappa shape index (κ1) is 13.9. The van der Waals surface area contributed by atoms with Crippen molar-refractivity contribution in [2.24, 2.45) is 5.92 Å². The first-order valence-corrected chi connectivity index (χ1v) is 8.37. The monoisotopic (exact) mass is 298 g/mol. The second kappa shape index (κ2) is 6.16. The van der Waals surface area contributed by atoms with E-state index in [-0.39, 0.29) is 0 Å². The second-order valence-electron chi connectivity index (χ2n) is 6.48. The van der Waals surface area contributed by atoms with Crippen LogP contribution in [0.5, 0.6) is 0 Å². The van der Waals surface area contributed by atoms with Crippen molar-refractivity contribution in [2.45, 2.75) is 51.1 Å². The molecule has 116 valence electrons. The summed E-state index contributed by atoms with van der Waals surface area (Å²) in [6.07, 6.45) is 11.7. The molecule has 4 rings (SSSR count). The predicted octanol–water partition coefficient (Wildman–Crippen LogP) is 3.29. The van der Waals surface area contributed by atoms with Crippen LogP contribution in [0.1, 0.15) is 44.4 Å². The van der Waals surface area contributed by atoms with Gasteiger partial charge in [0.1, 0.15) is 0 Å². The highest BCUT2D eigenvalue weighted by molar-refractivity contribution is 5.51. The van der Waals surface area contributed by atoms with Gasteiger partial charge in [-0.3, -0.25) is 9.88 Å². The third kappa shape index (κ3) is 2.77. The highest BCUT2D eigenvalue weighted by Gasteiger charge is 2.33. The molecule has 1 saturated heterocycles. The van der Waals surface area contributed by atoms with Crippen LogP contribution in [0, 0.1) is 5.92 Å². The Morgan fingerprint density at radius 2 is 2.09 bits per heavy atom. The minimum absolute atomic E-state index is 0.639. The van der Waals surface area contributed by atoms with Gasteiger partial charge >= 0.3 is 0 Å². The highest BCUT2D eigenvalue weighted by Crippen LogP contribution is 2.35. The van der Waals surface area contributed by atoms with Gasteiger partial charge in [0.05, 0.1) is 6.54 Å². The third-order valence-electron chi connectivity index (χ3n) is 5.08. The van der Waals surface area contributed by atoms with Crippen LogP contribution >= 0.6 is 0 Å². The van der Waals surface area contributed by atoms with E-state index in [0.717, 1.165) is 36.5 Å². The zero-order chi connectivity index (χ0) is 14.8. The zero-order valence-electron chi connectivity index (χ0n) is 12.8. The number of hydrogen-bond donors (Lipinski definition) is 0. The molecule has 0 N–H and O–H groups in total. The summed E-state index contributed by atoms with van der Waals surface area (Å²) in [5.41, 5.74) is 0.909. The fraction of sp³-hybridized carbons (Fsp3) is 0.588. The average Bonchev–Trinajstić information content (AvgIpc) is 3.05. The van der Waals surface area contributed by atoms with Crippen molar-refractivity contribution in [1.82, 2.24) is 20.0 Å². The van der Waals surface area contributed by atoms with Crippen molar-refractivity contribution in [3.63, 3.8) is 0 Å². The standard InChI is InChI=1S/C17H22N4O/c1-2-8-15-13(5-1)7-4-10-21(15)12-16-19-17(20-22-16)14-6-3-9-18-11-14/h3,6,9,11,13,15H,1-2,4-5,7-8,10,12H2/t13-,15+/m1/s1. The number of aromatic nitrogens is 3. The fourth-order valence-corrected chi connectivity index (χ4v) is 4.03. The van der Waals surface area contributed by atoms with Gasteiger partial charge < -0.3 is 4.52 Å². The molecular weight excluding hydrogens is 276 g/mol. The number of likely N-dealkylation sites (tertiary alicyclic amines) is 1. The third-order valence-corrected chi connectivity index (χ3v) is 5.08. The Hall–Kier alpha value is -1.75. The van der Waals surface area contributed by atoms with Gasteiger partial charge in [0.15, 0.2) is 0 Å². The van der Waals surface area contributed by atoms with Crippen molar-refractivity contribution < 1.29 is 4.52 Å². The van der Waals surface area contributed by atoms with Gasteiger partial charge in [-0.1, -0.05) is 18.0 Å². The van der Waals surface area contributed by atoms with E-state index in [1.165, 1.54) is 38.5 Å². The largest absolute Gasteiger partial charge is 0.338 e. The molecule has 0 unspecified atom stereocenters. The lowest BCUT2D eigenvalue weighted by Gasteiger charge is -2.43. The van der Waals surface area contributed by atoms with Crippen LogP contribution in [0.2, 0.25) is 0 Å². The number of piperidine rings is 1. The molecule has 5 nitrogen and oxygen atoms in total. The quantitative estimate of drug-likeness (QED) is 0.870. The van der Waals surface area contributed by atoms with E-state index in [4.69, 9.17) is 4.52 Å². The highest BCUT2D eigenvalue weighted by atomic mass is 16.5. The lowest BCUT2D eigenvalue weighted by atomic mass is 9.78. The molecule has 5 heteroatoms. The van der Waals surface area contributed by atoms with E-state index in [2.05, 4.69) is 20.0 Å². The Balaban J connectivity index is 1.48. The summed E-state index contributed by atoms with van der Waals surface area (Å²) in [7, 11) is 0. The van der Waals surface area contributed by atoms with Crippen LogP contribution in [0.15, 0.2) is 29.0 Å². The SMILES string of the molecule is c1cncc(-c2noc(CN3CCC[C@H]4CCCC[C@@H]43)n2)c1. The minimum Gasteiger partial charge on any atom is -0.338 e. The molecule has 0 bridgehead atoms. The maximum absolute atomic E-state index is 5.47. The molecule has 2 fully saturated rings. The normalized spacial score (nSPS) is 25.8. The van der Waals surface area contributed by atoms with Crippen LogP contribution in [0.4, 0.5) is 0 Å². The first-order chi connectivity index (χ1) is 10.9. The Morgan fingerprint density at radius 3 is 3.00 bits per heavy atom. The molecule has 0 aromatic carbocycles. The Bertz CT molecular complexity index is 610. The number of nitrogens with zero attached hydrogens (tertiary/aromatic N) is 4. The van der Waals surface area contributed by atoms with Crippen LogP contribution in [-0.2, 0) is 6.54 Å². The molecule has 1 aliphatic heterocycles. The Labute approximate surface area is 130 Å². The molecule has 2 aromatic rings. The van der Waals surface area contributed by atoms with Crippen molar-refractivity contribution in [3.05, 3.63) is 30.4 Å². The summed E-state index contributed by atoms with van der Waals surface area (Å²) in [6, 6.07) is 4.57. The maximum atomic E-state index is 5.47. The summed E-state index contributed by atoms with van der Waals surface area (Å²) in [6.45, 7) is 1.94. The molecule has 1 saturated carbocycles. The van der Waals surface area contributed by atoms with Gasteiger partial charge in [-0.05, 0) is 50.3 Å². The zero-order valence-corrected chi connectivity index (χ0v) is 12.8. The summed E-state index contributed by atoms with van der Waals surface area (Å²) in [4.78, 5) is 11.2. The average molecular weight is 298 g/mol. The van der Waals surface area contributed by atoms with E-state index in [0.29, 0.717) is 5.82 Å². The van der Waals surface area contributed by atoms with Gasteiger partial charge in [-0.2, -0.15) is 4.98 Å². The molecule has 0 radical (unpaired) electrons. The van der Waals surface area contributed by atoms with Crippen LogP contribution in [0.25, 0.3) is 11.4 Å². The summed E-state index contributed by atoms with van der Waals surface area (Å²) < 4.78 is 5.47. The predicted molar refractivity (Wildman–Crippen MR) is 82.9 cm³/mol. The van der Waals surface area contributed by atoms with Crippen molar-refractivity contribution >= 4 is 0 Å². The summed E-state index contributed by atoms with van der Waals surface area (Å²) >= 11 is 0. The summed E-state index contributed by atoms with van der Waals surface area (Å²) in [5.74, 6) is 2.24. The van der Waals surface area contributed by atoms with E-state index in [1.54, 1.807) is 12.4 Å². The van der Waals surface area contributed by atoms with E-state index in [1.807, 2.05) is 12.1 Å². The molecule has 3 heterocycles. The maximum Gasteiger partial charge on any atom is 0.241 e. The Morgan fingerprint density at radius 1 is 1.18 bits per heavy atom. The van der Waals surface area contributed by atoms with Gasteiger partial charge in [0.2, 0.25) is 11.7 Å². The number of fused-ring (bicyclic) bond motifs is 1. The second-order valence-corrected chi connectivity index (χ2v) is 6.48. The molecule has 22 heavy (non-hydrogen) atoms. The summed E-state index contributed by atoms with van der Waals surface area (Å²) in [5, 5.41) is 4.10. The molecule has 1 aliphatic carbocycles. The number of pyridine rings is 1. The lowest BCUT2D eigenvalue weighted by molar-refractivity contribution is 0.0466. The number of hydrogen-bond acceptors (Lipinski definition) is 5. The molecule has 2 atom stereocenters. The van der Waals surface area contributed by atoms with E-state index >= 15 is 0 Å². The van der Waals surface area contributed by atoms with Crippen molar-refractivity contribution in [2.75, 3.05) is 6.54 Å². The topological polar surface area (TPSA) is 55.1 Å². The molecule has 0 spiro atoms. The minimum atomic E-state index is 0.639. The van der Waals surface area contributed by atoms with Crippen LogP contribution < -0.4 is 0 Å². The smallest absolute Gasteiger partial charge is 0.241 e. The first-order valence-electron chi connectivity index (χ1n) is 8.37.